The minimum atomic E-state index is -0.666. The van der Waals surface area contributed by atoms with Gasteiger partial charge in [0.05, 0.1) is 11.3 Å². The molecule has 5 aliphatic carbocycles. The van der Waals surface area contributed by atoms with Crippen LogP contribution < -0.4 is 0 Å². The monoisotopic (exact) mass is 248 g/mol. The Labute approximate surface area is 104 Å². The number of fused-ring (bicyclic) bond motifs is 10. The fourth-order valence-corrected chi connectivity index (χ4v) is 6.63. The third-order valence-corrected chi connectivity index (χ3v) is 7.11. The fraction of sp³-hybridized carbons (Fsp3) is 0.857. The summed E-state index contributed by atoms with van der Waals surface area (Å²) in [5.41, 5.74) is -0.504. The van der Waals surface area contributed by atoms with Gasteiger partial charge < -0.3 is 10.2 Å². The Balaban J connectivity index is 1.59. The van der Waals surface area contributed by atoms with Gasteiger partial charge in [-0.05, 0) is 60.7 Å². The first-order valence-corrected chi connectivity index (χ1v) is 7.03. The number of carboxylic acids is 2. The smallest absolute Gasteiger partial charge is 0.310 e. The molecular formula is C14H16O4. The number of aliphatic carboxylic acids is 2. The van der Waals surface area contributed by atoms with Gasteiger partial charge in [0.15, 0.2) is 0 Å². The highest BCUT2D eigenvalue weighted by Crippen LogP contribution is 2.84. The summed E-state index contributed by atoms with van der Waals surface area (Å²) in [6.45, 7) is 0. The molecule has 0 saturated heterocycles. The molecule has 0 radical (unpaired) electrons. The van der Waals surface area contributed by atoms with Crippen molar-refractivity contribution < 1.29 is 19.8 Å². The van der Waals surface area contributed by atoms with Crippen LogP contribution >= 0.6 is 0 Å². The quantitative estimate of drug-likeness (QED) is 0.772. The van der Waals surface area contributed by atoms with Gasteiger partial charge >= 0.3 is 11.9 Å². The Kier molecular flexibility index (Phi) is 1.35. The number of rotatable bonds is 2. The molecule has 9 unspecified atom stereocenters. The van der Waals surface area contributed by atoms with E-state index in [1.165, 1.54) is 0 Å². The zero-order valence-electron chi connectivity index (χ0n) is 9.95. The SMILES string of the molecule is O=C(O)C1C2CC2C2C3CC(C12)C1(C(=O)O)CC31. The van der Waals surface area contributed by atoms with Crippen LogP contribution in [-0.4, -0.2) is 22.2 Å². The van der Waals surface area contributed by atoms with Crippen LogP contribution in [0.3, 0.4) is 0 Å². The van der Waals surface area contributed by atoms with Crippen molar-refractivity contribution in [1.82, 2.24) is 0 Å². The van der Waals surface area contributed by atoms with Gasteiger partial charge in [0.1, 0.15) is 0 Å². The maximum atomic E-state index is 11.6. The Morgan fingerprint density at radius 3 is 2.39 bits per heavy atom. The normalized spacial score (nSPS) is 65.1. The molecule has 5 fully saturated rings. The molecule has 5 rings (SSSR count). The first-order chi connectivity index (χ1) is 8.57. The molecule has 96 valence electrons. The van der Waals surface area contributed by atoms with E-state index in [2.05, 4.69) is 0 Å². The molecule has 0 aromatic heterocycles. The predicted octanol–water partition coefficient (Wildman–Crippen LogP) is 1.31. The maximum Gasteiger partial charge on any atom is 0.310 e. The van der Waals surface area contributed by atoms with Crippen LogP contribution in [0.4, 0.5) is 0 Å². The number of hydrogen-bond donors (Lipinski definition) is 2. The van der Waals surface area contributed by atoms with E-state index in [-0.39, 0.29) is 17.8 Å². The van der Waals surface area contributed by atoms with Crippen molar-refractivity contribution in [3.8, 4) is 0 Å². The van der Waals surface area contributed by atoms with Gasteiger partial charge in [-0.2, -0.15) is 0 Å². The lowest BCUT2D eigenvalue weighted by molar-refractivity contribution is -0.152. The average Bonchev–Trinajstić information content (AvgIpc) is 3.15. The van der Waals surface area contributed by atoms with Crippen LogP contribution in [-0.2, 0) is 9.59 Å². The van der Waals surface area contributed by atoms with Gasteiger partial charge in [0, 0.05) is 0 Å². The predicted molar refractivity (Wildman–Crippen MR) is 59.5 cm³/mol. The average molecular weight is 248 g/mol. The molecule has 4 heteroatoms. The van der Waals surface area contributed by atoms with E-state index in [1.807, 2.05) is 0 Å². The summed E-state index contributed by atoms with van der Waals surface area (Å²) in [5.74, 6) is 1.29. The summed E-state index contributed by atoms with van der Waals surface area (Å²) in [4.78, 5) is 23.1. The van der Waals surface area contributed by atoms with Crippen LogP contribution in [0.25, 0.3) is 0 Å². The second kappa shape index (κ2) is 2.47. The van der Waals surface area contributed by atoms with Crippen LogP contribution in [0.15, 0.2) is 0 Å². The van der Waals surface area contributed by atoms with Crippen molar-refractivity contribution in [3.63, 3.8) is 0 Å². The van der Waals surface area contributed by atoms with Crippen LogP contribution in [0.2, 0.25) is 0 Å². The molecule has 0 amide bonds. The third-order valence-electron chi connectivity index (χ3n) is 7.11. The van der Waals surface area contributed by atoms with Gasteiger partial charge in [0.2, 0.25) is 0 Å². The lowest BCUT2D eigenvalue weighted by atomic mass is 9.69. The number of carbonyl (C=O) groups is 2. The lowest BCUT2D eigenvalue weighted by Crippen LogP contribution is -2.38. The van der Waals surface area contributed by atoms with Gasteiger partial charge in [0.25, 0.3) is 0 Å². The second-order valence-corrected chi connectivity index (χ2v) is 7.24. The second-order valence-electron chi connectivity index (χ2n) is 7.24. The molecule has 0 aliphatic heterocycles. The van der Waals surface area contributed by atoms with E-state index < -0.39 is 17.4 Å². The molecule has 5 aliphatic rings. The van der Waals surface area contributed by atoms with E-state index in [4.69, 9.17) is 0 Å². The van der Waals surface area contributed by atoms with Gasteiger partial charge in [-0.15, -0.1) is 0 Å². The summed E-state index contributed by atoms with van der Waals surface area (Å²) < 4.78 is 0. The van der Waals surface area contributed by atoms with Gasteiger partial charge in [-0.1, -0.05) is 0 Å². The van der Waals surface area contributed by atoms with Crippen LogP contribution in [0, 0.1) is 52.8 Å². The molecule has 2 N–H and O–H groups in total. The highest BCUT2D eigenvalue weighted by Gasteiger charge is 2.83. The first kappa shape index (κ1) is 9.82. The van der Waals surface area contributed by atoms with Crippen molar-refractivity contribution in [2.24, 2.45) is 52.8 Å². The van der Waals surface area contributed by atoms with E-state index in [1.54, 1.807) is 0 Å². The van der Waals surface area contributed by atoms with Gasteiger partial charge in [-0.3, -0.25) is 9.59 Å². The molecule has 5 saturated carbocycles. The molecule has 2 bridgehead atoms. The molecule has 18 heavy (non-hydrogen) atoms. The molecule has 0 heterocycles. The topological polar surface area (TPSA) is 74.6 Å². The zero-order valence-corrected chi connectivity index (χ0v) is 9.95. The molecule has 0 spiro atoms. The highest BCUT2D eigenvalue weighted by molar-refractivity contribution is 5.81. The summed E-state index contributed by atoms with van der Waals surface area (Å²) in [7, 11) is 0. The Bertz CT molecular complexity index is 500. The fourth-order valence-electron chi connectivity index (χ4n) is 6.63. The highest BCUT2D eigenvalue weighted by atomic mass is 16.4. The minimum Gasteiger partial charge on any atom is -0.481 e. The van der Waals surface area contributed by atoms with E-state index in [9.17, 15) is 19.8 Å². The molecular weight excluding hydrogens is 232 g/mol. The Morgan fingerprint density at radius 1 is 0.944 bits per heavy atom. The standard InChI is InChI=1S/C14H16O4/c15-12(16)10-5-1-4(5)9-6-2-7(11(9)10)14(13(17)18)3-8(6)14/h4-11H,1-3H2,(H,15,16)(H,17,18). The van der Waals surface area contributed by atoms with Crippen molar-refractivity contribution in [1.29, 1.82) is 0 Å². The molecule has 0 aromatic carbocycles. The molecule has 0 aromatic rings. The van der Waals surface area contributed by atoms with E-state index in [0.29, 0.717) is 29.6 Å². The summed E-state index contributed by atoms with van der Waals surface area (Å²) in [6.07, 6.45) is 2.92. The number of hydrogen-bond acceptors (Lipinski definition) is 2. The minimum absolute atomic E-state index is 0.170. The van der Waals surface area contributed by atoms with Gasteiger partial charge in [-0.25, -0.2) is 0 Å². The third kappa shape index (κ3) is 0.757. The first-order valence-electron chi connectivity index (χ1n) is 7.03. The summed E-state index contributed by atoms with van der Waals surface area (Å²) in [5, 5.41) is 19.0. The molecule has 4 nitrogen and oxygen atoms in total. The maximum absolute atomic E-state index is 11.6. The largest absolute Gasteiger partial charge is 0.481 e. The van der Waals surface area contributed by atoms with E-state index >= 15 is 0 Å². The van der Waals surface area contributed by atoms with Crippen molar-refractivity contribution in [2.45, 2.75) is 19.3 Å². The lowest BCUT2D eigenvalue weighted by Gasteiger charge is -2.33. The van der Waals surface area contributed by atoms with Crippen molar-refractivity contribution in [3.05, 3.63) is 0 Å². The van der Waals surface area contributed by atoms with Crippen LogP contribution in [0.1, 0.15) is 19.3 Å². The van der Waals surface area contributed by atoms with Crippen molar-refractivity contribution >= 4 is 11.9 Å². The zero-order chi connectivity index (χ0) is 12.4. The summed E-state index contributed by atoms with van der Waals surface area (Å²) >= 11 is 0. The van der Waals surface area contributed by atoms with Crippen LogP contribution in [0.5, 0.6) is 0 Å². The Morgan fingerprint density at radius 2 is 1.72 bits per heavy atom. The van der Waals surface area contributed by atoms with E-state index in [0.717, 1.165) is 19.3 Å². The molecule has 9 atom stereocenters. The number of carboxylic acid groups (broad SMARTS) is 2. The summed E-state index contributed by atoms with van der Waals surface area (Å²) in [6, 6.07) is 0. The van der Waals surface area contributed by atoms with Crippen molar-refractivity contribution in [2.75, 3.05) is 0 Å². The Hall–Kier alpha value is -1.06.